The Bertz CT molecular complexity index is 727. The number of nitro benzene ring substituents is 1. The Hall–Kier alpha value is -2.74. The van der Waals surface area contributed by atoms with Gasteiger partial charge in [-0.25, -0.2) is 0 Å². The number of ether oxygens (including phenoxy) is 1. The number of benzene rings is 1. The first kappa shape index (κ1) is 18.1. The molecular weight excluding hydrogens is 338 g/mol. The molecule has 1 aromatic carbocycles. The Balaban J connectivity index is 1.71. The lowest BCUT2D eigenvalue weighted by Gasteiger charge is -2.34. The maximum absolute atomic E-state index is 12.8. The summed E-state index contributed by atoms with van der Waals surface area (Å²) in [5.41, 5.74) is 0.267. The van der Waals surface area contributed by atoms with Crippen molar-refractivity contribution in [2.45, 2.75) is 12.8 Å². The molecule has 2 aliphatic rings. The van der Waals surface area contributed by atoms with E-state index in [-0.39, 0.29) is 17.5 Å². The molecular formula is C18H21N3O5. The zero-order chi connectivity index (χ0) is 18.5. The molecule has 2 amide bonds. The van der Waals surface area contributed by atoms with Crippen LogP contribution in [0.5, 0.6) is 0 Å². The largest absolute Gasteiger partial charge is 0.378 e. The summed E-state index contributed by atoms with van der Waals surface area (Å²) < 4.78 is 5.28. The first-order chi connectivity index (χ1) is 12.6. The summed E-state index contributed by atoms with van der Waals surface area (Å²) in [5.74, 6) is -1.23. The number of amides is 2. The number of hydrogen-bond donors (Lipinski definition) is 1. The first-order valence-electron chi connectivity index (χ1n) is 8.63. The van der Waals surface area contributed by atoms with Crippen LogP contribution in [0.15, 0.2) is 36.4 Å². The van der Waals surface area contributed by atoms with Crippen LogP contribution < -0.4 is 5.32 Å². The summed E-state index contributed by atoms with van der Waals surface area (Å²) in [6.45, 7) is 2.11. The minimum atomic E-state index is -0.510. The number of anilines is 1. The van der Waals surface area contributed by atoms with E-state index in [1.54, 1.807) is 11.0 Å². The van der Waals surface area contributed by atoms with Crippen molar-refractivity contribution in [1.29, 1.82) is 0 Å². The van der Waals surface area contributed by atoms with Crippen LogP contribution in [0.2, 0.25) is 0 Å². The van der Waals surface area contributed by atoms with Crippen LogP contribution in [0, 0.1) is 22.0 Å². The van der Waals surface area contributed by atoms with Crippen molar-refractivity contribution >= 4 is 23.2 Å². The van der Waals surface area contributed by atoms with Gasteiger partial charge in [0.2, 0.25) is 11.8 Å². The molecule has 0 saturated carbocycles. The van der Waals surface area contributed by atoms with E-state index in [1.165, 1.54) is 18.2 Å². The van der Waals surface area contributed by atoms with Gasteiger partial charge in [-0.05, 0) is 18.9 Å². The highest BCUT2D eigenvalue weighted by Crippen LogP contribution is 2.29. The Kier molecular flexibility index (Phi) is 5.62. The topological polar surface area (TPSA) is 102 Å². The number of non-ortho nitro benzene ring substituents is 1. The van der Waals surface area contributed by atoms with Gasteiger partial charge >= 0.3 is 0 Å². The van der Waals surface area contributed by atoms with E-state index in [0.29, 0.717) is 44.8 Å². The van der Waals surface area contributed by atoms with Crippen LogP contribution in [0.4, 0.5) is 11.4 Å². The van der Waals surface area contributed by atoms with Gasteiger partial charge in [-0.3, -0.25) is 19.7 Å². The van der Waals surface area contributed by atoms with Crippen molar-refractivity contribution in [3.05, 3.63) is 46.5 Å². The summed E-state index contributed by atoms with van der Waals surface area (Å²) in [6.07, 6.45) is 4.83. The highest BCUT2D eigenvalue weighted by Gasteiger charge is 2.36. The number of rotatable bonds is 4. The third kappa shape index (κ3) is 4.08. The monoisotopic (exact) mass is 359 g/mol. The van der Waals surface area contributed by atoms with Gasteiger partial charge < -0.3 is 15.0 Å². The van der Waals surface area contributed by atoms with E-state index in [0.717, 1.165) is 0 Å². The second-order valence-corrected chi connectivity index (χ2v) is 6.39. The molecule has 3 rings (SSSR count). The van der Waals surface area contributed by atoms with Crippen LogP contribution in [-0.4, -0.2) is 47.9 Å². The van der Waals surface area contributed by atoms with Gasteiger partial charge in [-0.2, -0.15) is 0 Å². The fourth-order valence-corrected chi connectivity index (χ4v) is 3.33. The van der Waals surface area contributed by atoms with Crippen LogP contribution >= 0.6 is 0 Å². The number of hydrogen-bond acceptors (Lipinski definition) is 5. The van der Waals surface area contributed by atoms with Gasteiger partial charge in [0, 0.05) is 30.9 Å². The lowest BCUT2D eigenvalue weighted by molar-refractivity contribution is -0.384. The van der Waals surface area contributed by atoms with Crippen molar-refractivity contribution in [3.8, 4) is 0 Å². The standard InChI is InChI=1S/C18H21N3O5/c22-17(19-13-4-3-5-14(12-13)21(24)25)15-6-1-2-7-16(15)18(23)20-8-10-26-11-9-20/h1-5,12,15-16H,6-11H2,(H,19,22). The van der Waals surface area contributed by atoms with Crippen LogP contribution in [0.1, 0.15) is 12.8 Å². The van der Waals surface area contributed by atoms with Crippen LogP contribution in [0.3, 0.4) is 0 Å². The SMILES string of the molecule is O=C(Nc1cccc([N+](=O)[O-])c1)C1CC=CCC1C(=O)N1CCOCC1. The third-order valence-corrected chi connectivity index (χ3v) is 4.73. The number of nitrogens with one attached hydrogen (secondary N) is 1. The quantitative estimate of drug-likeness (QED) is 0.503. The molecule has 26 heavy (non-hydrogen) atoms. The summed E-state index contributed by atoms with van der Waals surface area (Å²) in [5, 5.41) is 13.6. The fourth-order valence-electron chi connectivity index (χ4n) is 3.33. The van der Waals surface area contributed by atoms with Gasteiger partial charge in [-0.15, -0.1) is 0 Å². The first-order valence-corrected chi connectivity index (χ1v) is 8.63. The molecule has 1 aliphatic carbocycles. The van der Waals surface area contributed by atoms with E-state index in [9.17, 15) is 19.7 Å². The van der Waals surface area contributed by atoms with Gasteiger partial charge in [0.05, 0.1) is 30.0 Å². The minimum absolute atomic E-state index is 0.0307. The van der Waals surface area contributed by atoms with Gasteiger partial charge in [0.25, 0.3) is 5.69 Å². The van der Waals surface area contributed by atoms with Gasteiger partial charge in [-0.1, -0.05) is 18.2 Å². The van der Waals surface area contributed by atoms with Crippen LogP contribution in [-0.2, 0) is 14.3 Å². The molecule has 0 radical (unpaired) electrons. The highest BCUT2D eigenvalue weighted by molar-refractivity contribution is 5.96. The second-order valence-electron chi connectivity index (χ2n) is 6.39. The van der Waals surface area contributed by atoms with Crippen molar-refractivity contribution < 1.29 is 19.2 Å². The number of carbonyl (C=O) groups is 2. The second kappa shape index (κ2) is 8.09. The molecule has 1 aromatic rings. The van der Waals surface area contributed by atoms with E-state index in [2.05, 4.69) is 5.32 Å². The number of allylic oxidation sites excluding steroid dienone is 2. The molecule has 8 heteroatoms. The smallest absolute Gasteiger partial charge is 0.271 e. The molecule has 8 nitrogen and oxygen atoms in total. The normalized spacial score (nSPS) is 22.7. The molecule has 0 bridgehead atoms. The number of carbonyl (C=O) groups excluding carboxylic acids is 2. The maximum Gasteiger partial charge on any atom is 0.271 e. The maximum atomic E-state index is 12.8. The zero-order valence-electron chi connectivity index (χ0n) is 14.3. The fraction of sp³-hybridized carbons (Fsp3) is 0.444. The molecule has 2 atom stereocenters. The average molecular weight is 359 g/mol. The summed E-state index contributed by atoms with van der Waals surface area (Å²) in [6, 6.07) is 5.80. The molecule has 1 fully saturated rings. The Morgan fingerprint density at radius 2 is 1.85 bits per heavy atom. The van der Waals surface area contributed by atoms with Crippen molar-refractivity contribution in [3.63, 3.8) is 0 Å². The number of nitrogens with zero attached hydrogens (tertiary/aromatic N) is 2. The molecule has 1 saturated heterocycles. The molecule has 2 unspecified atom stereocenters. The predicted octanol–water partition coefficient (Wildman–Crippen LogP) is 1.97. The number of nitro groups is 1. The van der Waals surface area contributed by atoms with Crippen molar-refractivity contribution in [1.82, 2.24) is 4.90 Å². The lowest BCUT2D eigenvalue weighted by Crippen LogP contribution is -2.47. The Labute approximate surface area is 151 Å². The minimum Gasteiger partial charge on any atom is -0.378 e. The van der Waals surface area contributed by atoms with Crippen LogP contribution in [0.25, 0.3) is 0 Å². The van der Waals surface area contributed by atoms with E-state index in [1.807, 2.05) is 12.2 Å². The summed E-state index contributed by atoms with van der Waals surface area (Å²) >= 11 is 0. The van der Waals surface area contributed by atoms with Crippen molar-refractivity contribution in [2.24, 2.45) is 11.8 Å². The van der Waals surface area contributed by atoms with Gasteiger partial charge in [0.1, 0.15) is 0 Å². The van der Waals surface area contributed by atoms with Gasteiger partial charge in [0.15, 0.2) is 0 Å². The Morgan fingerprint density at radius 3 is 2.54 bits per heavy atom. The molecule has 0 aromatic heterocycles. The Morgan fingerprint density at radius 1 is 1.15 bits per heavy atom. The van der Waals surface area contributed by atoms with E-state index in [4.69, 9.17) is 4.74 Å². The predicted molar refractivity (Wildman–Crippen MR) is 94.5 cm³/mol. The summed E-state index contributed by atoms with van der Waals surface area (Å²) in [7, 11) is 0. The highest BCUT2D eigenvalue weighted by atomic mass is 16.6. The zero-order valence-corrected chi connectivity index (χ0v) is 14.3. The molecule has 1 heterocycles. The van der Waals surface area contributed by atoms with Crippen molar-refractivity contribution in [2.75, 3.05) is 31.6 Å². The molecule has 1 N–H and O–H groups in total. The molecule has 138 valence electrons. The van der Waals surface area contributed by atoms with E-state index >= 15 is 0 Å². The summed E-state index contributed by atoms with van der Waals surface area (Å²) in [4.78, 5) is 37.7. The molecule has 1 aliphatic heterocycles. The molecule has 0 spiro atoms. The third-order valence-electron chi connectivity index (χ3n) is 4.73. The van der Waals surface area contributed by atoms with E-state index < -0.39 is 16.8 Å². The number of morpholine rings is 1. The lowest BCUT2D eigenvalue weighted by atomic mass is 9.81. The average Bonchev–Trinajstić information content (AvgIpc) is 2.68.